The van der Waals surface area contributed by atoms with Crippen molar-refractivity contribution < 1.29 is 4.79 Å². The molecule has 0 bridgehead atoms. The van der Waals surface area contributed by atoms with Gasteiger partial charge in [-0.15, -0.1) is 23.7 Å². The van der Waals surface area contributed by atoms with Crippen LogP contribution in [0.1, 0.15) is 24.3 Å². The van der Waals surface area contributed by atoms with Crippen molar-refractivity contribution in [3.8, 4) is 0 Å². The second-order valence-corrected chi connectivity index (χ2v) is 7.18. The number of carbonyl (C=O) groups is 1. The normalized spacial score (nSPS) is 11.0. The Labute approximate surface area is 149 Å². The third-order valence-corrected chi connectivity index (χ3v) is 4.25. The molecule has 2 aromatic rings. The fourth-order valence-corrected chi connectivity index (χ4v) is 2.78. The molecular weight excluding hydrogens is 365 g/mol. The summed E-state index contributed by atoms with van der Waals surface area (Å²) >= 11 is 13.5. The van der Waals surface area contributed by atoms with E-state index in [4.69, 9.17) is 28.9 Å². The van der Waals surface area contributed by atoms with Crippen molar-refractivity contribution in [2.75, 3.05) is 5.32 Å². The molecule has 0 radical (unpaired) electrons. The lowest BCUT2D eigenvalue weighted by Gasteiger charge is -2.16. The van der Waals surface area contributed by atoms with Crippen molar-refractivity contribution in [3.05, 3.63) is 44.9 Å². The van der Waals surface area contributed by atoms with E-state index in [0.29, 0.717) is 21.6 Å². The Morgan fingerprint density at radius 2 is 2.09 bits per heavy atom. The van der Waals surface area contributed by atoms with Crippen LogP contribution in [0.25, 0.3) is 0 Å². The number of anilines is 1. The van der Waals surface area contributed by atoms with Gasteiger partial charge in [0.15, 0.2) is 5.13 Å². The summed E-state index contributed by atoms with van der Waals surface area (Å²) in [5, 5.41) is 4.51. The van der Waals surface area contributed by atoms with Crippen LogP contribution in [0.15, 0.2) is 24.4 Å². The van der Waals surface area contributed by atoms with Gasteiger partial charge in [0.25, 0.3) is 0 Å². The highest BCUT2D eigenvalue weighted by atomic mass is 35.5. The Bertz CT molecular complexity index is 668. The number of benzene rings is 1. The standard InChI is InChI=1S/C14H15Cl2N3OS.ClH/c1-14(2,17)12(20)19-13-18-7-10(21-13)6-8-5-9(15)3-4-11(8)16;/h3-5,7H,6,17H2,1-2H3,(H,18,19,20);1H. The van der Waals surface area contributed by atoms with E-state index in [1.54, 1.807) is 32.2 Å². The predicted octanol–water partition coefficient (Wildman–Crippen LogP) is 4.14. The van der Waals surface area contributed by atoms with Gasteiger partial charge in [-0.1, -0.05) is 23.2 Å². The molecule has 0 atom stereocenters. The Morgan fingerprint density at radius 3 is 2.73 bits per heavy atom. The molecule has 8 heteroatoms. The largest absolute Gasteiger partial charge is 0.318 e. The highest BCUT2D eigenvalue weighted by molar-refractivity contribution is 7.15. The maximum Gasteiger partial charge on any atom is 0.245 e. The number of aromatic nitrogens is 1. The van der Waals surface area contributed by atoms with Crippen LogP contribution in [0.4, 0.5) is 5.13 Å². The van der Waals surface area contributed by atoms with E-state index in [1.165, 1.54) is 11.3 Å². The molecular formula is C14H16Cl3N3OS. The minimum absolute atomic E-state index is 0. The number of hydrogen-bond donors (Lipinski definition) is 2. The lowest BCUT2D eigenvalue weighted by atomic mass is 10.1. The first-order valence-corrected chi connectivity index (χ1v) is 7.82. The molecule has 0 fully saturated rings. The van der Waals surface area contributed by atoms with Crippen molar-refractivity contribution in [3.63, 3.8) is 0 Å². The number of carbonyl (C=O) groups excluding carboxylic acids is 1. The summed E-state index contributed by atoms with van der Waals surface area (Å²) in [5.74, 6) is -0.274. The Kier molecular flexibility index (Phi) is 6.65. The summed E-state index contributed by atoms with van der Waals surface area (Å²) in [6.45, 7) is 3.28. The first-order valence-electron chi connectivity index (χ1n) is 6.24. The summed E-state index contributed by atoms with van der Waals surface area (Å²) in [4.78, 5) is 16.9. The molecule has 1 heterocycles. The monoisotopic (exact) mass is 379 g/mol. The fourth-order valence-electron chi connectivity index (χ4n) is 1.57. The molecule has 4 nitrogen and oxygen atoms in total. The van der Waals surface area contributed by atoms with Gasteiger partial charge in [-0.25, -0.2) is 4.98 Å². The van der Waals surface area contributed by atoms with Crippen molar-refractivity contribution >= 4 is 58.0 Å². The number of amides is 1. The van der Waals surface area contributed by atoms with Gasteiger partial charge < -0.3 is 11.1 Å². The lowest BCUT2D eigenvalue weighted by Crippen LogP contribution is -2.45. The molecule has 0 saturated carbocycles. The fraction of sp³-hybridized carbons (Fsp3) is 0.286. The van der Waals surface area contributed by atoms with Crippen LogP contribution in [-0.2, 0) is 11.2 Å². The van der Waals surface area contributed by atoms with E-state index in [1.807, 2.05) is 6.07 Å². The van der Waals surface area contributed by atoms with Crippen LogP contribution < -0.4 is 11.1 Å². The van der Waals surface area contributed by atoms with Gasteiger partial charge in [0, 0.05) is 27.5 Å². The van der Waals surface area contributed by atoms with Crippen LogP contribution in [0.3, 0.4) is 0 Å². The van der Waals surface area contributed by atoms with E-state index >= 15 is 0 Å². The molecule has 0 aliphatic rings. The number of nitrogens with two attached hydrogens (primary N) is 1. The van der Waals surface area contributed by atoms with Gasteiger partial charge in [0.1, 0.15) is 0 Å². The molecule has 1 aromatic heterocycles. The third-order valence-electron chi connectivity index (χ3n) is 2.73. The van der Waals surface area contributed by atoms with Crippen molar-refractivity contribution in [1.82, 2.24) is 4.98 Å². The quantitative estimate of drug-likeness (QED) is 0.837. The summed E-state index contributed by atoms with van der Waals surface area (Å²) in [7, 11) is 0. The molecule has 120 valence electrons. The first-order chi connectivity index (χ1) is 9.75. The van der Waals surface area contributed by atoms with Crippen molar-refractivity contribution in [1.29, 1.82) is 0 Å². The van der Waals surface area contributed by atoms with E-state index in [0.717, 1.165) is 10.4 Å². The molecule has 0 aliphatic heterocycles. The van der Waals surface area contributed by atoms with Gasteiger partial charge in [0.2, 0.25) is 5.91 Å². The molecule has 0 spiro atoms. The number of nitrogens with zero attached hydrogens (tertiary/aromatic N) is 1. The molecule has 0 aliphatic carbocycles. The molecule has 1 amide bonds. The number of thiazole rings is 1. The van der Waals surface area contributed by atoms with E-state index in [9.17, 15) is 4.79 Å². The highest BCUT2D eigenvalue weighted by Gasteiger charge is 2.22. The summed E-state index contributed by atoms with van der Waals surface area (Å²) < 4.78 is 0. The summed E-state index contributed by atoms with van der Waals surface area (Å²) in [6.07, 6.45) is 2.32. The SMILES string of the molecule is CC(C)(N)C(=O)Nc1ncc(Cc2cc(Cl)ccc2Cl)s1.Cl. The van der Waals surface area contributed by atoms with Crippen LogP contribution in [0, 0.1) is 0 Å². The minimum atomic E-state index is -0.942. The molecule has 0 unspecified atom stereocenters. The summed E-state index contributed by atoms with van der Waals surface area (Å²) in [6, 6.07) is 5.33. The molecule has 1 aromatic carbocycles. The number of nitrogens with one attached hydrogen (secondary N) is 1. The lowest BCUT2D eigenvalue weighted by molar-refractivity contribution is -0.120. The average Bonchev–Trinajstić information content (AvgIpc) is 2.80. The molecule has 2 rings (SSSR count). The average molecular weight is 381 g/mol. The van der Waals surface area contributed by atoms with E-state index in [2.05, 4.69) is 10.3 Å². The maximum atomic E-state index is 11.8. The van der Waals surface area contributed by atoms with Crippen LogP contribution >= 0.6 is 46.9 Å². The number of rotatable bonds is 4. The zero-order valence-electron chi connectivity index (χ0n) is 12.0. The molecule has 3 N–H and O–H groups in total. The van der Waals surface area contributed by atoms with Crippen LogP contribution in [0.2, 0.25) is 10.0 Å². The van der Waals surface area contributed by atoms with Crippen molar-refractivity contribution in [2.45, 2.75) is 25.8 Å². The number of hydrogen-bond acceptors (Lipinski definition) is 4. The zero-order chi connectivity index (χ0) is 15.6. The maximum absolute atomic E-state index is 11.8. The summed E-state index contributed by atoms with van der Waals surface area (Å²) in [5.41, 5.74) is 5.71. The topological polar surface area (TPSA) is 68.0 Å². The first kappa shape index (κ1) is 19.2. The minimum Gasteiger partial charge on any atom is -0.318 e. The Hall–Kier alpha value is -0.850. The molecule has 0 saturated heterocycles. The van der Waals surface area contributed by atoms with Gasteiger partial charge in [-0.05, 0) is 37.6 Å². The third kappa shape index (κ3) is 5.11. The van der Waals surface area contributed by atoms with Crippen LogP contribution in [-0.4, -0.2) is 16.4 Å². The molecule has 22 heavy (non-hydrogen) atoms. The second-order valence-electron chi connectivity index (χ2n) is 5.22. The zero-order valence-corrected chi connectivity index (χ0v) is 15.2. The number of halogens is 3. The predicted molar refractivity (Wildman–Crippen MR) is 95.5 cm³/mol. The second kappa shape index (κ2) is 7.62. The van der Waals surface area contributed by atoms with E-state index < -0.39 is 5.54 Å². The van der Waals surface area contributed by atoms with Gasteiger partial charge >= 0.3 is 0 Å². The Balaban J connectivity index is 0.00000242. The van der Waals surface area contributed by atoms with E-state index in [-0.39, 0.29) is 18.3 Å². The van der Waals surface area contributed by atoms with Crippen LogP contribution in [0.5, 0.6) is 0 Å². The van der Waals surface area contributed by atoms with Gasteiger partial charge in [0.05, 0.1) is 5.54 Å². The van der Waals surface area contributed by atoms with Gasteiger partial charge in [-0.2, -0.15) is 0 Å². The van der Waals surface area contributed by atoms with Gasteiger partial charge in [-0.3, -0.25) is 4.79 Å². The smallest absolute Gasteiger partial charge is 0.245 e. The van der Waals surface area contributed by atoms with Crippen molar-refractivity contribution in [2.24, 2.45) is 5.73 Å². The highest BCUT2D eigenvalue weighted by Crippen LogP contribution is 2.27. The Morgan fingerprint density at radius 1 is 1.41 bits per heavy atom.